The van der Waals surface area contributed by atoms with Crippen LogP contribution in [0.2, 0.25) is 0 Å². The molecule has 0 bridgehead atoms. The van der Waals surface area contributed by atoms with Gasteiger partial charge in [0.15, 0.2) is 0 Å². The summed E-state index contributed by atoms with van der Waals surface area (Å²) in [5.74, 6) is 0. The van der Waals surface area contributed by atoms with Crippen LogP contribution in [0.3, 0.4) is 0 Å². The number of nitro groups is 1. The first kappa shape index (κ1) is 14.4. The van der Waals surface area contributed by atoms with Crippen molar-refractivity contribution < 1.29 is 9.66 Å². The predicted molar refractivity (Wildman–Crippen MR) is 76.1 cm³/mol. The largest absolute Gasteiger partial charge is 0.378 e. The molecule has 0 aromatic heterocycles. The maximum absolute atomic E-state index is 10.9. The maximum Gasteiger partial charge on any atom is 0.283 e. The summed E-state index contributed by atoms with van der Waals surface area (Å²) in [7, 11) is 0. The minimum atomic E-state index is -0.357. The third kappa shape index (κ3) is 3.32. The molecule has 6 heteroatoms. The number of nitrogens with zero attached hydrogens (tertiary/aromatic N) is 2. The van der Waals surface area contributed by atoms with E-state index in [9.17, 15) is 10.1 Å². The first-order valence-electron chi connectivity index (χ1n) is 6.37. The van der Waals surface area contributed by atoms with Crippen molar-refractivity contribution in [3.63, 3.8) is 0 Å². The summed E-state index contributed by atoms with van der Waals surface area (Å²) in [6, 6.07) is 5.57. The lowest BCUT2D eigenvalue weighted by atomic mass is 10.1. The molecule has 1 aliphatic rings. The Morgan fingerprint density at radius 3 is 3.05 bits per heavy atom. The van der Waals surface area contributed by atoms with Crippen molar-refractivity contribution in [2.45, 2.75) is 25.9 Å². The summed E-state index contributed by atoms with van der Waals surface area (Å²) < 4.78 is 6.06. The number of morpholine rings is 1. The van der Waals surface area contributed by atoms with Gasteiger partial charge in [-0.1, -0.05) is 19.1 Å². The van der Waals surface area contributed by atoms with Crippen molar-refractivity contribution >= 4 is 21.6 Å². The molecule has 0 saturated carbocycles. The van der Waals surface area contributed by atoms with Crippen LogP contribution >= 0.6 is 15.9 Å². The van der Waals surface area contributed by atoms with Gasteiger partial charge in [-0.05, 0) is 27.9 Å². The van der Waals surface area contributed by atoms with Crippen molar-refractivity contribution in [3.05, 3.63) is 38.3 Å². The van der Waals surface area contributed by atoms with Gasteiger partial charge < -0.3 is 4.74 Å². The molecule has 1 fully saturated rings. The zero-order valence-electron chi connectivity index (χ0n) is 10.8. The monoisotopic (exact) mass is 328 g/mol. The van der Waals surface area contributed by atoms with Crippen LogP contribution in [0.25, 0.3) is 0 Å². The van der Waals surface area contributed by atoms with Gasteiger partial charge in [-0.2, -0.15) is 0 Å². The highest BCUT2D eigenvalue weighted by Gasteiger charge is 2.23. The van der Waals surface area contributed by atoms with E-state index >= 15 is 0 Å². The molecule has 1 aromatic carbocycles. The summed E-state index contributed by atoms with van der Waals surface area (Å²) >= 11 is 3.35. The van der Waals surface area contributed by atoms with E-state index < -0.39 is 0 Å². The minimum Gasteiger partial charge on any atom is -0.378 e. The molecule has 1 aromatic rings. The number of benzene rings is 1. The predicted octanol–water partition coefficient (Wildman–Crippen LogP) is 2.97. The second-order valence-electron chi connectivity index (χ2n) is 4.61. The van der Waals surface area contributed by atoms with E-state index in [0.717, 1.165) is 31.7 Å². The average Bonchev–Trinajstić information content (AvgIpc) is 2.41. The summed E-state index contributed by atoms with van der Waals surface area (Å²) in [5, 5.41) is 10.9. The number of rotatable bonds is 4. The van der Waals surface area contributed by atoms with Crippen LogP contribution in [0.5, 0.6) is 0 Å². The van der Waals surface area contributed by atoms with Gasteiger partial charge in [-0.15, -0.1) is 0 Å². The third-order valence-corrected chi connectivity index (χ3v) is 4.36. The summed E-state index contributed by atoms with van der Waals surface area (Å²) in [6.07, 6.45) is 1.02. The number of hydrogen-bond donors (Lipinski definition) is 0. The van der Waals surface area contributed by atoms with Gasteiger partial charge in [0.25, 0.3) is 5.69 Å². The standard InChI is InChI=1S/C13H17BrN2O3/c1-2-11-9-19-7-6-15(11)8-10-4-3-5-12(13(10)14)16(17)18/h3-5,11H,2,6-9H2,1H3. The SMILES string of the molecule is CCC1COCCN1Cc1cccc([N+](=O)[O-])c1Br. The lowest BCUT2D eigenvalue weighted by Gasteiger charge is -2.35. The van der Waals surface area contributed by atoms with Crippen LogP contribution in [0, 0.1) is 10.1 Å². The quantitative estimate of drug-likeness (QED) is 0.629. The van der Waals surface area contributed by atoms with Crippen LogP contribution in [0.15, 0.2) is 22.7 Å². The Hall–Kier alpha value is -0.980. The summed E-state index contributed by atoms with van der Waals surface area (Å²) in [4.78, 5) is 12.9. The zero-order valence-corrected chi connectivity index (χ0v) is 12.4. The highest BCUT2D eigenvalue weighted by atomic mass is 79.9. The second-order valence-corrected chi connectivity index (χ2v) is 5.41. The molecule has 5 nitrogen and oxygen atoms in total. The lowest BCUT2D eigenvalue weighted by Crippen LogP contribution is -2.44. The number of halogens is 1. The molecule has 104 valence electrons. The van der Waals surface area contributed by atoms with E-state index in [1.165, 1.54) is 6.07 Å². The zero-order chi connectivity index (χ0) is 13.8. The van der Waals surface area contributed by atoms with Gasteiger partial charge in [-0.25, -0.2) is 0 Å². The highest BCUT2D eigenvalue weighted by molar-refractivity contribution is 9.10. The summed E-state index contributed by atoms with van der Waals surface area (Å²) in [5.41, 5.74) is 1.08. The normalized spacial score (nSPS) is 20.4. The molecule has 0 aliphatic carbocycles. The molecule has 1 aliphatic heterocycles. The molecule has 1 atom stereocenters. The smallest absolute Gasteiger partial charge is 0.283 e. The Bertz CT molecular complexity index is 467. The van der Waals surface area contributed by atoms with Crippen molar-refractivity contribution in [3.8, 4) is 0 Å². The molecule has 0 amide bonds. The lowest BCUT2D eigenvalue weighted by molar-refractivity contribution is -0.385. The molecule has 0 spiro atoms. The van der Waals surface area contributed by atoms with E-state index in [4.69, 9.17) is 4.74 Å². The van der Waals surface area contributed by atoms with E-state index in [2.05, 4.69) is 27.8 Å². The fourth-order valence-corrected chi connectivity index (χ4v) is 2.86. The van der Waals surface area contributed by atoms with Gasteiger partial charge in [0.1, 0.15) is 0 Å². The fraction of sp³-hybridized carbons (Fsp3) is 0.538. The van der Waals surface area contributed by atoms with Crippen LogP contribution in [0.1, 0.15) is 18.9 Å². The van der Waals surface area contributed by atoms with Crippen molar-refractivity contribution in [2.24, 2.45) is 0 Å². The first-order chi connectivity index (χ1) is 9.13. The Kier molecular flexibility index (Phi) is 4.90. The molecule has 2 rings (SSSR count). The van der Waals surface area contributed by atoms with Gasteiger partial charge in [0, 0.05) is 25.2 Å². The summed E-state index contributed by atoms with van der Waals surface area (Å²) in [6.45, 7) is 5.18. The van der Waals surface area contributed by atoms with Crippen molar-refractivity contribution in [1.29, 1.82) is 0 Å². The van der Waals surface area contributed by atoms with Crippen molar-refractivity contribution in [2.75, 3.05) is 19.8 Å². The maximum atomic E-state index is 10.9. The first-order valence-corrected chi connectivity index (χ1v) is 7.16. The Balaban J connectivity index is 2.18. The number of hydrogen-bond acceptors (Lipinski definition) is 4. The van der Waals surface area contributed by atoms with Crippen LogP contribution in [-0.4, -0.2) is 35.6 Å². The van der Waals surface area contributed by atoms with Crippen molar-refractivity contribution in [1.82, 2.24) is 4.90 Å². The molecule has 1 saturated heterocycles. The van der Waals surface area contributed by atoms with Crippen LogP contribution < -0.4 is 0 Å². The average molecular weight is 329 g/mol. The molecule has 0 radical (unpaired) electrons. The number of ether oxygens (including phenoxy) is 1. The minimum absolute atomic E-state index is 0.124. The Morgan fingerprint density at radius 1 is 1.58 bits per heavy atom. The van der Waals surface area contributed by atoms with Gasteiger partial charge in [-0.3, -0.25) is 15.0 Å². The van der Waals surface area contributed by atoms with E-state index in [-0.39, 0.29) is 10.6 Å². The molecule has 19 heavy (non-hydrogen) atoms. The van der Waals surface area contributed by atoms with Gasteiger partial charge >= 0.3 is 0 Å². The molecule has 1 heterocycles. The van der Waals surface area contributed by atoms with Gasteiger partial charge in [0.2, 0.25) is 0 Å². The Morgan fingerprint density at radius 2 is 2.37 bits per heavy atom. The molecule has 1 unspecified atom stereocenters. The second kappa shape index (κ2) is 6.45. The van der Waals surface area contributed by atoms with Crippen LogP contribution in [-0.2, 0) is 11.3 Å². The van der Waals surface area contributed by atoms with E-state index in [0.29, 0.717) is 17.1 Å². The molecule has 0 N–H and O–H groups in total. The van der Waals surface area contributed by atoms with E-state index in [1.54, 1.807) is 6.07 Å². The third-order valence-electron chi connectivity index (χ3n) is 3.45. The molecular weight excluding hydrogens is 312 g/mol. The Labute approximate surface area is 120 Å². The topological polar surface area (TPSA) is 55.6 Å². The van der Waals surface area contributed by atoms with E-state index in [1.807, 2.05) is 6.07 Å². The highest BCUT2D eigenvalue weighted by Crippen LogP contribution is 2.29. The fourth-order valence-electron chi connectivity index (χ4n) is 2.32. The van der Waals surface area contributed by atoms with Gasteiger partial charge in [0.05, 0.1) is 22.6 Å². The van der Waals surface area contributed by atoms with Crippen LogP contribution in [0.4, 0.5) is 5.69 Å². The molecular formula is C13H17BrN2O3. The number of nitro benzene ring substituents is 1.